The van der Waals surface area contributed by atoms with Crippen LogP contribution in [0, 0.1) is 5.92 Å². The normalized spacial score (nSPS) is 14.1. The highest BCUT2D eigenvalue weighted by Crippen LogP contribution is 2.45. The number of esters is 4. The van der Waals surface area contributed by atoms with Gasteiger partial charge in [0, 0.05) is 25.7 Å². The van der Waals surface area contributed by atoms with E-state index in [0.717, 1.165) is 95.8 Å². The maximum absolute atomic E-state index is 13.1. The molecule has 17 nitrogen and oxygen atoms in total. The van der Waals surface area contributed by atoms with Crippen LogP contribution in [0.1, 0.15) is 433 Å². The van der Waals surface area contributed by atoms with Crippen LogP contribution in [0.3, 0.4) is 0 Å². The molecule has 0 aromatic carbocycles. The van der Waals surface area contributed by atoms with Gasteiger partial charge in [-0.2, -0.15) is 0 Å². The predicted molar refractivity (Wildman–Crippen MR) is 409 cm³/mol. The van der Waals surface area contributed by atoms with Crippen LogP contribution in [0.15, 0.2) is 0 Å². The van der Waals surface area contributed by atoms with Crippen LogP contribution in [0.4, 0.5) is 0 Å². The van der Waals surface area contributed by atoms with Crippen molar-refractivity contribution in [1.29, 1.82) is 0 Å². The van der Waals surface area contributed by atoms with Gasteiger partial charge in [-0.25, -0.2) is 9.13 Å². The SMILES string of the molecule is CCCCCCCCCCCCCCCCCCCCC(=O)O[C@H](COC(=O)CCCCCCCCCCCCCCCCC)COP(=O)(O)OC[C@@H](O)COP(=O)(O)OC[C@@H](COC(=O)CCCCCCCCCCCCCCC)OC(=O)CCCCCCCCCCCCC(C)CC. The van der Waals surface area contributed by atoms with E-state index in [4.69, 9.17) is 37.0 Å². The molecule has 0 aliphatic carbocycles. The lowest BCUT2D eigenvalue weighted by Crippen LogP contribution is -2.30. The van der Waals surface area contributed by atoms with Crippen molar-refractivity contribution in [3.63, 3.8) is 0 Å². The molecule has 0 bridgehead atoms. The van der Waals surface area contributed by atoms with Crippen molar-refractivity contribution in [2.75, 3.05) is 39.6 Å². The molecule has 0 fully saturated rings. The predicted octanol–water partition coefficient (Wildman–Crippen LogP) is 24.4. The molecule has 0 radical (unpaired) electrons. The summed E-state index contributed by atoms with van der Waals surface area (Å²) < 4.78 is 68.8. The zero-order chi connectivity index (χ0) is 73.4. The van der Waals surface area contributed by atoms with E-state index in [2.05, 4.69) is 34.6 Å². The van der Waals surface area contributed by atoms with Gasteiger partial charge in [0.1, 0.15) is 19.3 Å². The fraction of sp³-hybridized carbons (Fsp3) is 0.951. The molecule has 3 unspecified atom stereocenters. The van der Waals surface area contributed by atoms with Gasteiger partial charge in [0.15, 0.2) is 12.2 Å². The number of carbonyl (C=O) groups excluding carboxylic acids is 4. The van der Waals surface area contributed by atoms with Crippen LogP contribution in [-0.4, -0.2) is 96.7 Å². The van der Waals surface area contributed by atoms with E-state index in [1.807, 2.05) is 0 Å². The van der Waals surface area contributed by atoms with Crippen molar-refractivity contribution >= 4 is 39.5 Å². The topological polar surface area (TPSA) is 237 Å². The van der Waals surface area contributed by atoms with Crippen LogP contribution in [0.25, 0.3) is 0 Å². The Balaban J connectivity index is 5.27. The van der Waals surface area contributed by atoms with E-state index in [9.17, 15) is 43.2 Å². The van der Waals surface area contributed by atoms with Gasteiger partial charge in [-0.3, -0.25) is 37.3 Å². The van der Waals surface area contributed by atoms with Crippen LogP contribution >= 0.6 is 15.6 Å². The van der Waals surface area contributed by atoms with Crippen molar-refractivity contribution in [2.24, 2.45) is 5.92 Å². The minimum atomic E-state index is -4.96. The monoisotopic (exact) mass is 1470 g/mol. The Bertz CT molecular complexity index is 1910. The maximum atomic E-state index is 13.1. The van der Waals surface area contributed by atoms with Gasteiger partial charge in [0.25, 0.3) is 0 Å². The quantitative estimate of drug-likeness (QED) is 0.0222. The first-order valence-electron chi connectivity index (χ1n) is 42.2. The number of ether oxygens (including phenoxy) is 4. The van der Waals surface area contributed by atoms with Crippen molar-refractivity contribution in [3.8, 4) is 0 Å². The molecule has 0 aromatic rings. The molecular weight excluding hydrogens is 1310 g/mol. The van der Waals surface area contributed by atoms with Crippen molar-refractivity contribution in [2.45, 2.75) is 451 Å². The number of aliphatic hydroxyl groups is 1. The van der Waals surface area contributed by atoms with Crippen LogP contribution in [-0.2, 0) is 65.4 Å². The molecule has 3 N–H and O–H groups in total. The summed E-state index contributed by atoms with van der Waals surface area (Å²) in [6.45, 7) is 7.37. The number of unbranched alkanes of at least 4 members (excludes halogenated alkanes) is 52. The Kier molecular flexibility index (Phi) is 72.5. The van der Waals surface area contributed by atoms with E-state index in [0.29, 0.717) is 25.7 Å². The Morgan fingerprint density at radius 2 is 0.480 bits per heavy atom. The van der Waals surface area contributed by atoms with Crippen molar-refractivity contribution in [1.82, 2.24) is 0 Å². The molecule has 19 heteroatoms. The van der Waals surface area contributed by atoms with E-state index >= 15 is 0 Å². The standard InChI is InChI=1S/C81H158O17P2/c1-6-10-13-16-19-22-25-28-30-31-32-34-37-40-46-51-56-61-66-80(85)97-76(70-92-79(84)65-60-55-50-45-39-36-33-29-26-23-20-17-14-11-7-2)72-95-99(87,88)93-68-75(82)69-94-100(89,90)96-73-77(71-91-78(83)64-59-54-49-44-38-35-27-24-21-18-15-12-8-3)98-81(86)67-62-57-52-47-42-41-43-48-53-58-63-74(5)9-4/h74-77,82H,6-73H2,1-5H3,(H,87,88)(H,89,90)/t74?,75-,76-,77-/m1/s1. The molecule has 0 aliphatic rings. The smallest absolute Gasteiger partial charge is 0.462 e. The molecule has 100 heavy (non-hydrogen) atoms. The summed E-state index contributed by atoms with van der Waals surface area (Å²) in [5, 5.41) is 10.6. The largest absolute Gasteiger partial charge is 0.472 e. The lowest BCUT2D eigenvalue weighted by Gasteiger charge is -2.21. The fourth-order valence-corrected chi connectivity index (χ4v) is 14.1. The second-order valence-corrected chi connectivity index (χ2v) is 32.3. The third-order valence-electron chi connectivity index (χ3n) is 19.4. The van der Waals surface area contributed by atoms with Crippen LogP contribution in [0.2, 0.25) is 0 Å². The maximum Gasteiger partial charge on any atom is 0.472 e. The molecule has 6 atom stereocenters. The summed E-state index contributed by atoms with van der Waals surface area (Å²) in [6.07, 6.45) is 65.0. The Labute approximate surface area is 613 Å². The van der Waals surface area contributed by atoms with Crippen LogP contribution < -0.4 is 0 Å². The third-order valence-corrected chi connectivity index (χ3v) is 21.3. The highest BCUT2D eigenvalue weighted by molar-refractivity contribution is 7.47. The minimum Gasteiger partial charge on any atom is -0.462 e. The Hall–Kier alpha value is -1.94. The van der Waals surface area contributed by atoms with E-state index in [1.54, 1.807) is 0 Å². The highest BCUT2D eigenvalue weighted by atomic mass is 31.2. The van der Waals surface area contributed by atoms with E-state index < -0.39 is 97.5 Å². The van der Waals surface area contributed by atoms with E-state index in [-0.39, 0.29) is 25.7 Å². The molecule has 0 spiro atoms. The molecule has 0 saturated carbocycles. The zero-order valence-electron chi connectivity index (χ0n) is 65.3. The lowest BCUT2D eigenvalue weighted by molar-refractivity contribution is -0.161. The number of carbonyl (C=O) groups is 4. The van der Waals surface area contributed by atoms with Gasteiger partial charge in [-0.15, -0.1) is 0 Å². The number of phosphoric acid groups is 2. The summed E-state index contributed by atoms with van der Waals surface area (Å²) in [5.41, 5.74) is 0. The Morgan fingerprint density at radius 1 is 0.280 bits per heavy atom. The number of aliphatic hydroxyl groups excluding tert-OH is 1. The molecule has 0 rings (SSSR count). The van der Waals surface area contributed by atoms with Crippen molar-refractivity contribution in [3.05, 3.63) is 0 Å². The first-order chi connectivity index (χ1) is 48.6. The fourth-order valence-electron chi connectivity index (χ4n) is 12.6. The average molecular weight is 1470 g/mol. The van der Waals surface area contributed by atoms with Gasteiger partial charge < -0.3 is 33.8 Å². The van der Waals surface area contributed by atoms with Gasteiger partial charge in [-0.1, -0.05) is 381 Å². The lowest BCUT2D eigenvalue weighted by atomic mass is 9.99. The average Bonchev–Trinajstić information content (AvgIpc) is 0.924. The van der Waals surface area contributed by atoms with Gasteiger partial charge in [0.05, 0.1) is 26.4 Å². The zero-order valence-corrected chi connectivity index (χ0v) is 67.1. The number of phosphoric ester groups is 2. The molecular formula is C81H158O17P2. The molecule has 0 heterocycles. The van der Waals surface area contributed by atoms with E-state index in [1.165, 1.54) is 257 Å². The minimum absolute atomic E-state index is 0.107. The van der Waals surface area contributed by atoms with Crippen molar-refractivity contribution < 1.29 is 80.2 Å². The molecule has 0 aromatic heterocycles. The van der Waals surface area contributed by atoms with Gasteiger partial charge >= 0.3 is 39.5 Å². The molecule has 0 amide bonds. The summed E-state index contributed by atoms with van der Waals surface area (Å²) >= 11 is 0. The third kappa shape index (κ3) is 73.0. The second kappa shape index (κ2) is 73.9. The summed E-state index contributed by atoms with van der Waals surface area (Å²) in [6, 6.07) is 0. The summed E-state index contributed by atoms with van der Waals surface area (Å²) in [5.74, 6) is -1.30. The first kappa shape index (κ1) is 98.1. The summed E-state index contributed by atoms with van der Waals surface area (Å²) in [7, 11) is -9.92. The molecule has 594 valence electrons. The number of rotatable bonds is 81. The number of hydrogen-bond acceptors (Lipinski definition) is 15. The molecule has 0 saturated heterocycles. The first-order valence-corrected chi connectivity index (χ1v) is 45.2. The van der Waals surface area contributed by atoms with Gasteiger partial charge in [-0.05, 0) is 31.6 Å². The molecule has 0 aliphatic heterocycles. The van der Waals surface area contributed by atoms with Gasteiger partial charge in [0.2, 0.25) is 0 Å². The van der Waals surface area contributed by atoms with Crippen LogP contribution in [0.5, 0.6) is 0 Å². The highest BCUT2D eigenvalue weighted by Gasteiger charge is 2.30. The number of hydrogen-bond donors (Lipinski definition) is 3. The summed E-state index contributed by atoms with van der Waals surface area (Å²) in [4.78, 5) is 73.1. The second-order valence-electron chi connectivity index (χ2n) is 29.4. The Morgan fingerprint density at radius 3 is 0.710 bits per heavy atom.